The summed E-state index contributed by atoms with van der Waals surface area (Å²) in [7, 11) is -3.05. The Morgan fingerprint density at radius 1 is 1.61 bits per heavy atom. The second kappa shape index (κ2) is 5.78. The summed E-state index contributed by atoms with van der Waals surface area (Å²) in [4.78, 5) is 36.3. The number of nitrogens with one attached hydrogen (secondary N) is 1. The maximum absolute atomic E-state index is 11.9. The fraction of sp³-hybridized carbons (Fsp3) is 0.545. The van der Waals surface area contributed by atoms with Gasteiger partial charge in [-0.15, -0.1) is 0 Å². The van der Waals surface area contributed by atoms with Gasteiger partial charge < -0.3 is 19.6 Å². The molecule has 0 aliphatic carbocycles. The van der Waals surface area contributed by atoms with Crippen LogP contribution in [0.15, 0.2) is 17.4 Å². The van der Waals surface area contributed by atoms with E-state index in [9.17, 15) is 14.5 Å². The normalized spacial score (nSPS) is 25.3. The molecule has 1 fully saturated rings. The predicted octanol–water partition coefficient (Wildman–Crippen LogP) is -1.69. The van der Waals surface area contributed by atoms with E-state index in [1.165, 1.54) is 6.33 Å². The molecule has 1 saturated heterocycles. The summed E-state index contributed by atoms with van der Waals surface area (Å²) in [5.41, 5.74) is 0.363. The van der Waals surface area contributed by atoms with Gasteiger partial charge in [0.25, 0.3) is 5.56 Å². The second-order valence-electron chi connectivity index (χ2n) is 5.22. The van der Waals surface area contributed by atoms with Gasteiger partial charge in [0, 0.05) is 6.42 Å². The number of fused-ring (bicyclic) bond motifs is 1. The first-order valence-corrected chi connectivity index (χ1v) is 8.27. The molecule has 3 heterocycles. The van der Waals surface area contributed by atoms with Crippen LogP contribution in [0.3, 0.4) is 0 Å². The van der Waals surface area contributed by atoms with Crippen molar-refractivity contribution in [2.24, 2.45) is 7.05 Å². The maximum Gasteiger partial charge on any atom is 0.469 e. The molecule has 126 valence electrons. The molecule has 1 aliphatic rings. The van der Waals surface area contributed by atoms with Gasteiger partial charge >= 0.3 is 13.5 Å². The number of aromatic amines is 1. The third-order valence-electron chi connectivity index (χ3n) is 3.65. The predicted molar refractivity (Wildman–Crippen MR) is 74.1 cm³/mol. The van der Waals surface area contributed by atoms with Crippen molar-refractivity contribution in [3.05, 3.63) is 23.0 Å². The van der Waals surface area contributed by atoms with Crippen LogP contribution in [-0.4, -0.2) is 48.2 Å². The lowest BCUT2D eigenvalue weighted by Crippen LogP contribution is -2.39. The molecule has 2 aromatic heterocycles. The largest absolute Gasteiger partial charge is 0.469 e. The summed E-state index contributed by atoms with van der Waals surface area (Å²) in [5.74, 6) is 0. The van der Waals surface area contributed by atoms with Crippen molar-refractivity contribution in [1.82, 2.24) is 14.5 Å². The third kappa shape index (κ3) is 3.07. The quantitative estimate of drug-likeness (QED) is 0.378. The van der Waals surface area contributed by atoms with E-state index in [1.54, 1.807) is 22.5 Å². The Labute approximate surface area is 129 Å². The van der Waals surface area contributed by atoms with Crippen molar-refractivity contribution >= 4 is 19.0 Å². The van der Waals surface area contributed by atoms with E-state index >= 15 is 0 Å². The highest BCUT2D eigenvalue weighted by atomic mass is 31.2. The average Bonchev–Trinajstić information content (AvgIpc) is 2.99. The minimum absolute atomic E-state index is 0.0919. The van der Waals surface area contributed by atoms with Crippen LogP contribution in [-0.2, 0) is 20.9 Å². The fourth-order valence-electron chi connectivity index (χ4n) is 2.72. The first-order chi connectivity index (χ1) is 10.8. The summed E-state index contributed by atoms with van der Waals surface area (Å²) < 4.78 is 24.4. The summed E-state index contributed by atoms with van der Waals surface area (Å²) >= 11 is 0. The lowest BCUT2D eigenvalue weighted by atomic mass is 10.2. The zero-order valence-corrected chi connectivity index (χ0v) is 13.0. The number of ether oxygens (including phenoxy) is 1. The summed E-state index contributed by atoms with van der Waals surface area (Å²) in [6.07, 6.45) is 0.388. The average molecular weight is 347 g/mol. The highest BCUT2D eigenvalue weighted by molar-refractivity contribution is 7.46. The van der Waals surface area contributed by atoms with Crippen molar-refractivity contribution in [3.63, 3.8) is 0 Å². The van der Waals surface area contributed by atoms with Gasteiger partial charge in [0.05, 0.1) is 13.7 Å². The molecular weight excluding hydrogens is 331 g/mol. The smallest absolute Gasteiger partial charge is 0.394 e. The van der Waals surface area contributed by atoms with E-state index in [2.05, 4.69) is 14.5 Å². The first kappa shape index (κ1) is 16.2. The van der Waals surface area contributed by atoms with Crippen molar-refractivity contribution in [3.8, 4) is 0 Å². The van der Waals surface area contributed by atoms with E-state index in [0.717, 1.165) is 0 Å². The number of aromatic nitrogens is 4. The Kier molecular flexibility index (Phi) is 4.08. The van der Waals surface area contributed by atoms with Crippen molar-refractivity contribution in [2.45, 2.75) is 24.9 Å². The van der Waals surface area contributed by atoms with E-state index in [1.807, 2.05) is 0 Å². The number of nitrogens with zero attached hydrogens (tertiary/aromatic N) is 3. The standard InChI is InChI=1S/C11H15N4O7P/c1-14-5-15(10-9(14)11(17)13-4-12-10)8-2-6(7(3-16)21-8)22-23(18,19)20/h4-8,16H,2-3H2,1H3,(H2-,12,13,17,18,19,20)/p+1/t6-,7+,8+/m0/s1. The molecule has 2 aromatic rings. The SMILES string of the molecule is Cn1c[n+]([C@H]2C[C@H](OP(=O)(O)O)[C@@H](CO)O2)c2nc[nH]c(=O)c21. The lowest BCUT2D eigenvalue weighted by molar-refractivity contribution is -0.739. The Hall–Kier alpha value is -1.62. The minimum Gasteiger partial charge on any atom is -0.394 e. The molecule has 4 N–H and O–H groups in total. The molecule has 12 heteroatoms. The van der Waals surface area contributed by atoms with Crippen LogP contribution in [0.1, 0.15) is 12.6 Å². The highest BCUT2D eigenvalue weighted by Gasteiger charge is 2.42. The van der Waals surface area contributed by atoms with Crippen molar-refractivity contribution in [1.29, 1.82) is 0 Å². The Bertz CT molecular complexity index is 827. The van der Waals surface area contributed by atoms with E-state index in [0.29, 0.717) is 11.2 Å². The molecule has 3 atom stereocenters. The molecular formula is C11H16N4O7P+. The zero-order chi connectivity index (χ0) is 16.8. The Balaban J connectivity index is 1.96. The van der Waals surface area contributed by atoms with Crippen molar-refractivity contribution in [2.75, 3.05) is 6.61 Å². The molecule has 23 heavy (non-hydrogen) atoms. The highest BCUT2D eigenvalue weighted by Crippen LogP contribution is 2.42. The van der Waals surface area contributed by atoms with Crippen molar-refractivity contribution < 1.29 is 33.3 Å². The number of aliphatic hydroxyl groups excluding tert-OH is 1. The Morgan fingerprint density at radius 2 is 2.35 bits per heavy atom. The molecule has 0 unspecified atom stereocenters. The number of imidazole rings is 1. The number of hydrogen-bond donors (Lipinski definition) is 4. The second-order valence-corrected chi connectivity index (χ2v) is 6.41. The molecule has 0 amide bonds. The van der Waals surface area contributed by atoms with Crippen LogP contribution in [0.4, 0.5) is 0 Å². The fourth-order valence-corrected chi connectivity index (χ4v) is 3.30. The van der Waals surface area contributed by atoms with Gasteiger partial charge in [0.2, 0.25) is 5.52 Å². The van der Waals surface area contributed by atoms with Gasteiger partial charge in [0.15, 0.2) is 18.9 Å². The maximum atomic E-state index is 11.9. The van der Waals surface area contributed by atoms with Gasteiger partial charge in [0.1, 0.15) is 12.2 Å². The number of phosphoric acid groups is 1. The molecule has 0 aromatic carbocycles. The van der Waals surface area contributed by atoms with Crippen LogP contribution >= 0.6 is 7.82 Å². The molecule has 11 nitrogen and oxygen atoms in total. The van der Waals surface area contributed by atoms with Gasteiger partial charge in [-0.1, -0.05) is 4.98 Å². The summed E-state index contributed by atoms with van der Waals surface area (Å²) in [6.45, 7) is -0.458. The van der Waals surface area contributed by atoms with E-state index < -0.39 is 32.9 Å². The molecule has 0 spiro atoms. The molecule has 3 rings (SSSR count). The Morgan fingerprint density at radius 3 is 3.00 bits per heavy atom. The topological polar surface area (TPSA) is 151 Å². The summed E-state index contributed by atoms with van der Waals surface area (Å²) in [5, 5.41) is 9.32. The van der Waals surface area contributed by atoms with Crippen LogP contribution in [0.25, 0.3) is 11.2 Å². The number of rotatable bonds is 4. The first-order valence-electron chi connectivity index (χ1n) is 6.74. The van der Waals surface area contributed by atoms with Gasteiger partial charge in [-0.05, 0) is 0 Å². The summed E-state index contributed by atoms with van der Waals surface area (Å²) in [6, 6.07) is 0. The monoisotopic (exact) mass is 347 g/mol. The van der Waals surface area contributed by atoms with Crippen LogP contribution in [0.5, 0.6) is 0 Å². The number of H-pyrrole nitrogens is 1. The van der Waals surface area contributed by atoms with Crippen LogP contribution in [0, 0.1) is 0 Å². The van der Waals surface area contributed by atoms with Gasteiger partial charge in [-0.2, -0.15) is 0 Å². The minimum atomic E-state index is -4.71. The molecule has 0 bridgehead atoms. The van der Waals surface area contributed by atoms with E-state index in [-0.39, 0.29) is 12.0 Å². The lowest BCUT2D eigenvalue weighted by Gasteiger charge is -2.16. The number of aryl methyl sites for hydroxylation is 1. The van der Waals surface area contributed by atoms with Crippen LogP contribution < -0.4 is 10.1 Å². The number of hydrogen-bond acceptors (Lipinski definition) is 6. The number of phosphoric ester groups is 1. The molecule has 0 radical (unpaired) electrons. The van der Waals surface area contributed by atoms with Crippen LogP contribution in [0.2, 0.25) is 0 Å². The molecule has 1 aliphatic heterocycles. The van der Waals surface area contributed by atoms with E-state index in [4.69, 9.17) is 14.5 Å². The zero-order valence-electron chi connectivity index (χ0n) is 12.1. The van der Waals surface area contributed by atoms with Gasteiger partial charge in [-0.3, -0.25) is 18.9 Å². The van der Waals surface area contributed by atoms with Gasteiger partial charge in [-0.25, -0.2) is 9.13 Å². The number of aliphatic hydroxyl groups is 1. The third-order valence-corrected chi connectivity index (χ3v) is 4.19. The molecule has 0 saturated carbocycles.